The number of rotatable bonds is 6. The van der Waals surface area contributed by atoms with E-state index in [9.17, 15) is 18.0 Å². The fraction of sp³-hybridized carbons (Fsp3) is 0.259. The van der Waals surface area contributed by atoms with E-state index in [1.807, 2.05) is 24.3 Å². The molecular weight excluding hydrogens is 508 g/mol. The summed E-state index contributed by atoms with van der Waals surface area (Å²) in [6.45, 7) is 3.08. The summed E-state index contributed by atoms with van der Waals surface area (Å²) in [6.07, 6.45) is 2.77. The van der Waals surface area contributed by atoms with Crippen molar-refractivity contribution in [2.75, 3.05) is 12.8 Å². The summed E-state index contributed by atoms with van der Waals surface area (Å²) in [5, 5.41) is 0. The van der Waals surface area contributed by atoms with Crippen molar-refractivity contribution in [2.24, 2.45) is 0 Å². The number of aromatic amines is 1. The molecule has 1 saturated heterocycles. The van der Waals surface area contributed by atoms with Gasteiger partial charge in [0.2, 0.25) is 5.91 Å². The Morgan fingerprint density at radius 3 is 2.47 bits per heavy atom. The summed E-state index contributed by atoms with van der Waals surface area (Å²) in [6, 6.07) is 14.9. The third kappa shape index (κ3) is 5.23. The molecule has 0 radical (unpaired) electrons. The van der Waals surface area contributed by atoms with Crippen molar-refractivity contribution in [3.63, 3.8) is 0 Å². The van der Waals surface area contributed by atoms with E-state index in [-0.39, 0.29) is 17.3 Å². The number of H-pyrrole nitrogens is 1. The van der Waals surface area contributed by atoms with E-state index in [0.29, 0.717) is 40.5 Å². The van der Waals surface area contributed by atoms with Crippen LogP contribution in [0.1, 0.15) is 31.9 Å². The average molecular weight is 535 g/mol. The van der Waals surface area contributed by atoms with Gasteiger partial charge in [-0.25, -0.2) is 13.4 Å². The van der Waals surface area contributed by atoms with Gasteiger partial charge in [-0.05, 0) is 42.5 Å². The molecule has 1 aliphatic heterocycles. The standard InChI is InChI=1S/C27H26N4O6S/c1-16(32)31-15-19(36-17(2)33)12-25(31)21-13-23-24(30-27(29-23)22-6-4-5-11-28-22)14-26(21)37-18-7-9-20(10-8-18)38(3,34)35/h4-11,13-14,19,25H,12,15H2,1-3H3,(H,29,30)/t19-,25+/m1/s1. The van der Waals surface area contributed by atoms with E-state index in [0.717, 1.165) is 11.8 Å². The molecule has 1 aliphatic rings. The number of hydrogen-bond acceptors (Lipinski definition) is 8. The largest absolute Gasteiger partial charge is 0.461 e. The zero-order chi connectivity index (χ0) is 27.0. The first-order chi connectivity index (χ1) is 18.1. The molecule has 196 valence electrons. The lowest BCUT2D eigenvalue weighted by Crippen LogP contribution is -2.30. The molecule has 10 nitrogen and oxygen atoms in total. The van der Waals surface area contributed by atoms with Crippen LogP contribution in [-0.4, -0.2) is 59.1 Å². The molecule has 4 aromatic rings. The number of esters is 1. The van der Waals surface area contributed by atoms with Crippen LogP contribution in [0.15, 0.2) is 65.7 Å². The van der Waals surface area contributed by atoms with E-state index >= 15 is 0 Å². The molecule has 0 unspecified atom stereocenters. The number of pyridine rings is 1. The molecule has 2 aromatic heterocycles. The van der Waals surface area contributed by atoms with Gasteiger partial charge in [0.05, 0.1) is 28.5 Å². The molecular formula is C27H26N4O6S. The van der Waals surface area contributed by atoms with Crippen molar-refractivity contribution < 1.29 is 27.5 Å². The maximum Gasteiger partial charge on any atom is 0.302 e. The lowest BCUT2D eigenvalue weighted by Gasteiger charge is -2.25. The molecule has 0 saturated carbocycles. The fourth-order valence-corrected chi connectivity index (χ4v) is 5.30. The maximum absolute atomic E-state index is 12.6. The van der Waals surface area contributed by atoms with Gasteiger partial charge in [0.25, 0.3) is 0 Å². The Kier molecular flexibility index (Phi) is 6.62. The number of carbonyl (C=O) groups is 2. The zero-order valence-corrected chi connectivity index (χ0v) is 21.9. The maximum atomic E-state index is 12.6. The van der Waals surface area contributed by atoms with Crippen LogP contribution in [-0.2, 0) is 24.2 Å². The van der Waals surface area contributed by atoms with Crippen molar-refractivity contribution in [2.45, 2.75) is 37.3 Å². The predicted octanol–water partition coefficient (Wildman–Crippen LogP) is 4.05. The van der Waals surface area contributed by atoms with Crippen molar-refractivity contribution in [1.29, 1.82) is 0 Å². The van der Waals surface area contributed by atoms with Crippen molar-refractivity contribution >= 4 is 32.7 Å². The van der Waals surface area contributed by atoms with Crippen LogP contribution in [0.3, 0.4) is 0 Å². The third-order valence-corrected chi connectivity index (χ3v) is 7.49. The fourth-order valence-electron chi connectivity index (χ4n) is 4.67. The predicted molar refractivity (Wildman–Crippen MR) is 139 cm³/mol. The quantitative estimate of drug-likeness (QED) is 0.367. The average Bonchev–Trinajstić information content (AvgIpc) is 3.47. The Hall–Kier alpha value is -4.25. The van der Waals surface area contributed by atoms with Crippen LogP contribution < -0.4 is 4.74 Å². The summed E-state index contributed by atoms with van der Waals surface area (Å²) in [7, 11) is -3.36. The Labute approximate surface area is 219 Å². The van der Waals surface area contributed by atoms with Crippen molar-refractivity contribution in [3.8, 4) is 23.0 Å². The molecule has 0 aliphatic carbocycles. The van der Waals surface area contributed by atoms with Crippen molar-refractivity contribution in [3.05, 3.63) is 66.4 Å². The van der Waals surface area contributed by atoms with Crippen LogP contribution in [0, 0.1) is 0 Å². The van der Waals surface area contributed by atoms with E-state index in [4.69, 9.17) is 9.47 Å². The topological polar surface area (TPSA) is 132 Å². The van der Waals surface area contributed by atoms with Crippen molar-refractivity contribution in [1.82, 2.24) is 19.9 Å². The van der Waals surface area contributed by atoms with Gasteiger partial charge in [0.15, 0.2) is 15.7 Å². The van der Waals surface area contributed by atoms with Crippen LogP contribution in [0.25, 0.3) is 22.6 Å². The number of carbonyl (C=O) groups excluding carboxylic acids is 2. The van der Waals surface area contributed by atoms with Gasteiger partial charge in [-0.2, -0.15) is 0 Å². The summed E-state index contributed by atoms with van der Waals surface area (Å²) in [4.78, 5) is 38.4. The number of fused-ring (bicyclic) bond motifs is 1. The number of benzene rings is 2. The minimum absolute atomic E-state index is 0.160. The minimum atomic E-state index is -3.36. The van der Waals surface area contributed by atoms with Gasteiger partial charge in [0, 0.05) is 44.4 Å². The number of nitrogens with zero attached hydrogens (tertiary/aromatic N) is 3. The number of sulfone groups is 1. The Morgan fingerprint density at radius 1 is 1.08 bits per heavy atom. The zero-order valence-electron chi connectivity index (χ0n) is 21.0. The second-order valence-electron chi connectivity index (χ2n) is 9.21. The van der Waals surface area contributed by atoms with Gasteiger partial charge >= 0.3 is 5.97 Å². The highest BCUT2D eigenvalue weighted by molar-refractivity contribution is 7.90. The van der Waals surface area contributed by atoms with Gasteiger partial charge in [-0.15, -0.1) is 0 Å². The van der Waals surface area contributed by atoms with Gasteiger partial charge < -0.3 is 19.4 Å². The monoisotopic (exact) mass is 534 g/mol. The molecule has 1 amide bonds. The number of aromatic nitrogens is 3. The number of imidazole rings is 1. The second-order valence-corrected chi connectivity index (χ2v) is 11.2. The summed E-state index contributed by atoms with van der Waals surface area (Å²) >= 11 is 0. The first-order valence-electron chi connectivity index (χ1n) is 12.0. The number of ether oxygens (including phenoxy) is 2. The van der Waals surface area contributed by atoms with E-state index < -0.39 is 28.0 Å². The summed E-state index contributed by atoms with van der Waals surface area (Å²) < 4.78 is 35.4. The molecule has 2 atom stereocenters. The highest BCUT2D eigenvalue weighted by atomic mass is 32.2. The number of likely N-dealkylation sites (tertiary alicyclic amines) is 1. The molecule has 5 rings (SSSR count). The van der Waals surface area contributed by atoms with Gasteiger partial charge in [-0.3, -0.25) is 14.6 Å². The number of amides is 1. The molecule has 3 heterocycles. The normalized spacial score (nSPS) is 17.5. The third-order valence-electron chi connectivity index (χ3n) is 6.36. The van der Waals surface area contributed by atoms with E-state index in [2.05, 4.69) is 15.0 Å². The number of hydrogen-bond donors (Lipinski definition) is 1. The van der Waals surface area contributed by atoms with Crippen LogP contribution in [0.5, 0.6) is 11.5 Å². The molecule has 0 bridgehead atoms. The lowest BCUT2D eigenvalue weighted by atomic mass is 10.0. The highest BCUT2D eigenvalue weighted by Gasteiger charge is 2.38. The smallest absolute Gasteiger partial charge is 0.302 e. The summed E-state index contributed by atoms with van der Waals surface area (Å²) in [5.74, 6) is 0.872. The molecule has 38 heavy (non-hydrogen) atoms. The van der Waals surface area contributed by atoms with Crippen LogP contribution in [0.2, 0.25) is 0 Å². The molecule has 0 spiro atoms. The Bertz CT molecular complexity index is 1620. The first kappa shape index (κ1) is 25.4. The molecule has 1 fully saturated rings. The minimum Gasteiger partial charge on any atom is -0.461 e. The number of nitrogens with one attached hydrogen (secondary N) is 1. The Morgan fingerprint density at radius 2 is 1.84 bits per heavy atom. The second kappa shape index (κ2) is 9.90. The highest BCUT2D eigenvalue weighted by Crippen LogP contribution is 2.42. The molecule has 2 aromatic carbocycles. The van der Waals surface area contributed by atoms with Crippen LogP contribution >= 0.6 is 0 Å². The first-order valence-corrected chi connectivity index (χ1v) is 13.8. The summed E-state index contributed by atoms with van der Waals surface area (Å²) in [5.41, 5.74) is 2.72. The lowest BCUT2D eigenvalue weighted by molar-refractivity contribution is -0.146. The van der Waals surface area contributed by atoms with Gasteiger partial charge in [0.1, 0.15) is 23.3 Å². The van der Waals surface area contributed by atoms with E-state index in [1.165, 1.54) is 26.0 Å². The molecule has 11 heteroatoms. The molecule has 1 N–H and O–H groups in total. The van der Waals surface area contributed by atoms with Gasteiger partial charge in [-0.1, -0.05) is 6.07 Å². The van der Waals surface area contributed by atoms with E-state index in [1.54, 1.807) is 29.3 Å². The SMILES string of the molecule is CC(=O)O[C@@H]1C[C@@H](c2cc3[nH]c(-c4ccccn4)nc3cc2Oc2ccc(S(C)(=O)=O)cc2)N(C(C)=O)C1. The van der Waals surface area contributed by atoms with Crippen LogP contribution in [0.4, 0.5) is 0 Å². The Balaban J connectivity index is 1.60.